The van der Waals surface area contributed by atoms with Crippen LogP contribution in [0.1, 0.15) is 34.0 Å². The largest absolute Gasteiger partial charge is 0.493 e. The molecule has 2 aliphatic heterocycles. The average Bonchev–Trinajstić information content (AvgIpc) is 2.93. The zero-order valence-electron chi connectivity index (χ0n) is 23.4. The zero-order chi connectivity index (χ0) is 25.4. The SMILES string of the molecule is [2H]c1c([2H])c2c3c(c1OC([2H])([2H])[2H])OC1([2H])C(O)C=C[C@@]4([2H])[C@H](N(C([2H])([2H])[2H])CC[C@]314)C2([2H])[2H]. The summed E-state index contributed by atoms with van der Waals surface area (Å²) in [6.07, 6.45) is -4.72. The molecule has 5 rings (SSSR count). The van der Waals surface area contributed by atoms with Crippen LogP contribution in [0.15, 0.2) is 24.2 Å². The third kappa shape index (κ3) is 1.28. The summed E-state index contributed by atoms with van der Waals surface area (Å²) in [7, 11) is -3.08. The fraction of sp³-hybridized carbons (Fsp3) is 0.556. The predicted octanol–water partition coefficient (Wildman–Crippen LogP) is 1.50. The van der Waals surface area contributed by atoms with E-state index < -0.39 is 79.1 Å². The topological polar surface area (TPSA) is 41.9 Å². The maximum Gasteiger partial charge on any atom is 0.165 e. The Labute approximate surface area is 147 Å². The van der Waals surface area contributed by atoms with Crippen LogP contribution in [0.5, 0.6) is 11.5 Å². The van der Waals surface area contributed by atoms with Crippen LogP contribution >= 0.6 is 0 Å². The molecule has 116 valence electrons. The van der Waals surface area contributed by atoms with Gasteiger partial charge in [0.25, 0.3) is 0 Å². The van der Waals surface area contributed by atoms with Crippen LogP contribution in [0, 0.1) is 5.89 Å². The average molecular weight is 311 g/mol. The Morgan fingerprint density at radius 2 is 2.55 bits per heavy atom. The summed E-state index contributed by atoms with van der Waals surface area (Å²) in [6, 6.07) is -3.29. The zero-order valence-corrected chi connectivity index (χ0v) is 11.4. The van der Waals surface area contributed by atoms with Crippen molar-refractivity contribution in [1.82, 2.24) is 4.90 Å². The minimum Gasteiger partial charge on any atom is -0.493 e. The number of rotatable bonds is 1. The minimum atomic E-state index is -3.08. The van der Waals surface area contributed by atoms with E-state index in [1.165, 1.54) is 6.08 Å². The van der Waals surface area contributed by atoms with Gasteiger partial charge in [-0.3, -0.25) is 0 Å². The van der Waals surface area contributed by atoms with Crippen LogP contribution in [0.3, 0.4) is 0 Å². The summed E-state index contributed by atoms with van der Waals surface area (Å²) in [4.78, 5) is 0.852. The molecular weight excluding hydrogens is 278 g/mol. The van der Waals surface area contributed by atoms with Gasteiger partial charge in [0.05, 0.1) is 15.3 Å². The highest BCUT2D eigenvalue weighted by Crippen LogP contribution is 2.62. The molecule has 2 aliphatic carbocycles. The van der Waals surface area contributed by atoms with Gasteiger partial charge in [-0.15, -0.1) is 0 Å². The highest BCUT2D eigenvalue weighted by atomic mass is 16.5. The Kier molecular flexibility index (Phi) is 1.08. The number of aliphatic hydroxyl groups is 1. The van der Waals surface area contributed by atoms with E-state index in [2.05, 4.69) is 0 Å². The first-order valence-corrected chi connectivity index (χ1v) is 7.05. The van der Waals surface area contributed by atoms with Gasteiger partial charge in [-0.05, 0) is 37.9 Å². The molecule has 1 N–H and O–H groups in total. The summed E-state index contributed by atoms with van der Waals surface area (Å²) in [5, 5.41) is 10.8. The third-order valence-electron chi connectivity index (χ3n) is 4.98. The summed E-state index contributed by atoms with van der Waals surface area (Å²) >= 11 is 0. The number of piperidine rings is 1. The molecule has 2 unspecified atom stereocenters. The van der Waals surface area contributed by atoms with Gasteiger partial charge in [0.2, 0.25) is 0 Å². The van der Waals surface area contributed by atoms with E-state index in [4.69, 9.17) is 24.6 Å². The van der Waals surface area contributed by atoms with Gasteiger partial charge in [0, 0.05) is 31.1 Å². The summed E-state index contributed by atoms with van der Waals surface area (Å²) in [5.74, 6) is -3.34. The summed E-state index contributed by atoms with van der Waals surface area (Å²) in [6.45, 7) is -3.10. The Balaban J connectivity index is 1.95. The maximum atomic E-state index is 10.8. The molecule has 0 aromatic heterocycles. The molecule has 2 heterocycles. The number of methoxy groups -OCH3 is 1. The van der Waals surface area contributed by atoms with Crippen molar-refractivity contribution in [3.8, 4) is 11.5 Å². The van der Waals surface area contributed by atoms with Crippen molar-refractivity contribution >= 4 is 0 Å². The molecule has 2 bridgehead atoms. The number of benzene rings is 1. The van der Waals surface area contributed by atoms with E-state index in [0.717, 1.165) is 11.0 Å². The van der Waals surface area contributed by atoms with Crippen LogP contribution in [-0.2, 0) is 11.8 Å². The van der Waals surface area contributed by atoms with Crippen molar-refractivity contribution in [1.29, 1.82) is 0 Å². The molecule has 0 saturated carbocycles. The Morgan fingerprint density at radius 1 is 1.59 bits per heavy atom. The smallest absolute Gasteiger partial charge is 0.165 e. The molecule has 4 heteroatoms. The summed E-state index contributed by atoms with van der Waals surface area (Å²) < 4.78 is 111. The fourth-order valence-corrected chi connectivity index (χ4v) is 4.09. The first-order valence-electron chi connectivity index (χ1n) is 13.0. The van der Waals surface area contributed by atoms with Gasteiger partial charge in [0.15, 0.2) is 11.5 Å². The fourth-order valence-electron chi connectivity index (χ4n) is 4.09. The molecule has 1 saturated heterocycles. The molecule has 0 radical (unpaired) electrons. The quantitative estimate of drug-likeness (QED) is 0.798. The van der Waals surface area contributed by atoms with E-state index in [0.29, 0.717) is 0 Å². The van der Waals surface area contributed by atoms with Crippen LogP contribution in [0.2, 0.25) is 0 Å². The molecule has 1 fully saturated rings. The van der Waals surface area contributed by atoms with E-state index in [-0.39, 0.29) is 18.5 Å². The summed E-state index contributed by atoms with van der Waals surface area (Å²) in [5.41, 5.74) is -2.51. The molecule has 1 aromatic carbocycles. The van der Waals surface area contributed by atoms with E-state index >= 15 is 0 Å². The van der Waals surface area contributed by atoms with Crippen molar-refractivity contribution < 1.29 is 31.0 Å². The van der Waals surface area contributed by atoms with Crippen molar-refractivity contribution in [3.05, 3.63) is 35.4 Å². The molecule has 22 heavy (non-hydrogen) atoms. The van der Waals surface area contributed by atoms with Crippen molar-refractivity contribution in [3.63, 3.8) is 0 Å². The molecule has 4 nitrogen and oxygen atoms in total. The van der Waals surface area contributed by atoms with Crippen molar-refractivity contribution in [2.75, 3.05) is 20.6 Å². The van der Waals surface area contributed by atoms with Gasteiger partial charge in [-0.2, -0.15) is 0 Å². The maximum absolute atomic E-state index is 10.8. The molecule has 5 atom stereocenters. The lowest BCUT2D eigenvalue weighted by Crippen LogP contribution is -2.64. The van der Waals surface area contributed by atoms with Gasteiger partial charge >= 0.3 is 0 Å². The van der Waals surface area contributed by atoms with Gasteiger partial charge in [-0.25, -0.2) is 0 Å². The van der Waals surface area contributed by atoms with Gasteiger partial charge < -0.3 is 19.5 Å². The number of nitrogens with zero attached hydrogens (tertiary/aromatic N) is 1. The second-order valence-electron chi connectivity index (χ2n) is 5.88. The monoisotopic (exact) mass is 311 g/mol. The van der Waals surface area contributed by atoms with Gasteiger partial charge in [0.1, 0.15) is 12.2 Å². The Hall–Kier alpha value is -1.52. The predicted molar refractivity (Wildman–Crippen MR) is 82.5 cm³/mol. The highest BCUT2D eigenvalue weighted by molar-refractivity contribution is 5.62. The van der Waals surface area contributed by atoms with Gasteiger partial charge in [-0.1, -0.05) is 18.2 Å². The van der Waals surface area contributed by atoms with Crippen molar-refractivity contribution in [2.45, 2.75) is 36.4 Å². The second kappa shape index (κ2) is 4.06. The molecule has 1 aromatic rings. The number of ether oxygens (including phenoxy) is 2. The molecule has 4 aliphatic rings. The Bertz CT molecular complexity index is 1130. The van der Waals surface area contributed by atoms with Crippen molar-refractivity contribution in [2.24, 2.45) is 5.89 Å². The third-order valence-corrected chi connectivity index (χ3v) is 4.98. The number of likely N-dealkylation sites (N-methyl/N-ethyl adjacent to an activating group) is 1. The van der Waals surface area contributed by atoms with Crippen LogP contribution in [0.4, 0.5) is 0 Å². The molecule has 0 amide bonds. The number of likely N-dealkylation sites (tertiary alicyclic amines) is 1. The molecule has 1 spiro atoms. The lowest BCUT2D eigenvalue weighted by molar-refractivity contribution is -0.0453. The second-order valence-corrected chi connectivity index (χ2v) is 5.88. The van der Waals surface area contributed by atoms with E-state index in [9.17, 15) is 6.48 Å². The highest BCUT2D eigenvalue weighted by Gasteiger charge is 2.64. The van der Waals surface area contributed by atoms with Crippen LogP contribution in [0.25, 0.3) is 0 Å². The number of hydrogen-bond donors (Lipinski definition) is 1. The first kappa shape index (κ1) is 5.84. The van der Waals surface area contributed by atoms with Crippen LogP contribution < -0.4 is 9.47 Å². The standard InChI is InChI=1S/C18H21NO3/c1-19-8-7-18-11-4-5-13(20)17(18)22-16-14(21-2)6-3-10(15(16)18)9-12(11)19/h3-6,11-13,17,20H,7-9H2,1-2H3/t11-,12+,13?,17?,18-/m0/s1/i1D3,2D3,3D,6D,9D2,11D,17D. The first-order chi connectivity index (χ1) is 15.3. The van der Waals surface area contributed by atoms with Crippen LogP contribution in [-0.4, -0.2) is 48.8 Å². The number of hydrogen-bond acceptors (Lipinski definition) is 4. The normalized spacial score (nSPS) is 59.1. The molecular formula is C18H21NO3. The number of aliphatic hydroxyl groups excluding tert-OH is 1. The van der Waals surface area contributed by atoms with E-state index in [1.807, 2.05) is 0 Å². The lowest BCUT2D eigenvalue weighted by Gasteiger charge is -2.56. The minimum absolute atomic E-state index is 0.187. The van der Waals surface area contributed by atoms with E-state index in [1.54, 1.807) is 0 Å². The lowest BCUT2D eigenvalue weighted by atomic mass is 9.53. The Morgan fingerprint density at radius 3 is 3.41 bits per heavy atom.